The highest BCUT2D eigenvalue weighted by molar-refractivity contribution is 6.05. The molecule has 2 aromatic rings. The third kappa shape index (κ3) is 3.69. The molecule has 1 aromatic heterocycles. The summed E-state index contributed by atoms with van der Waals surface area (Å²) in [6.07, 6.45) is 7.79. The van der Waals surface area contributed by atoms with Crippen molar-refractivity contribution < 1.29 is 9.59 Å². The van der Waals surface area contributed by atoms with Gasteiger partial charge >= 0.3 is 0 Å². The van der Waals surface area contributed by atoms with Gasteiger partial charge in [0.2, 0.25) is 5.91 Å². The third-order valence-corrected chi connectivity index (χ3v) is 4.87. The first-order valence-corrected chi connectivity index (χ1v) is 8.84. The molecular weight excluding hydrogens is 328 g/mol. The zero-order chi connectivity index (χ0) is 18.7. The van der Waals surface area contributed by atoms with Gasteiger partial charge in [0.25, 0.3) is 5.91 Å². The molecular formula is C20H24N4O2. The van der Waals surface area contributed by atoms with Crippen LogP contribution in [-0.4, -0.2) is 28.6 Å². The normalized spacial score (nSPS) is 14.2. The summed E-state index contributed by atoms with van der Waals surface area (Å²) in [5.74, 6) is 0.0488. The number of likely N-dealkylation sites (N-methyl/N-ethyl adjacent to an activating group) is 1. The first-order chi connectivity index (χ1) is 12.5. The average molecular weight is 352 g/mol. The van der Waals surface area contributed by atoms with Crippen LogP contribution in [0.15, 0.2) is 43.1 Å². The highest BCUT2D eigenvalue weighted by Gasteiger charge is 2.24. The van der Waals surface area contributed by atoms with Crippen molar-refractivity contribution in [2.45, 2.75) is 31.6 Å². The molecule has 0 spiro atoms. The molecule has 1 N–H and O–H groups in total. The van der Waals surface area contributed by atoms with E-state index in [9.17, 15) is 9.59 Å². The van der Waals surface area contributed by atoms with Gasteiger partial charge in [-0.1, -0.05) is 19.4 Å². The van der Waals surface area contributed by atoms with Gasteiger partial charge in [0.15, 0.2) is 0 Å². The first-order valence-electron chi connectivity index (χ1n) is 8.84. The molecule has 1 aliphatic carbocycles. The minimum absolute atomic E-state index is 0.179. The minimum Gasteiger partial charge on any atom is -0.319 e. The maximum Gasteiger partial charge on any atom is 0.255 e. The number of amides is 2. The predicted molar refractivity (Wildman–Crippen MR) is 102 cm³/mol. The van der Waals surface area contributed by atoms with Crippen LogP contribution >= 0.6 is 0 Å². The van der Waals surface area contributed by atoms with Crippen LogP contribution in [0.2, 0.25) is 0 Å². The van der Waals surface area contributed by atoms with Gasteiger partial charge in [-0.2, -0.15) is 5.10 Å². The number of carbonyl (C=O) groups is 2. The lowest BCUT2D eigenvalue weighted by atomic mass is 10.0. The fraction of sp³-hybridized carbons (Fsp3) is 0.350. The molecule has 6 nitrogen and oxygen atoms in total. The molecule has 0 saturated heterocycles. The van der Waals surface area contributed by atoms with Crippen molar-refractivity contribution in [3.8, 4) is 0 Å². The minimum atomic E-state index is -0.196. The van der Waals surface area contributed by atoms with Gasteiger partial charge in [-0.3, -0.25) is 14.3 Å². The van der Waals surface area contributed by atoms with Crippen LogP contribution in [0.4, 0.5) is 11.4 Å². The molecule has 0 radical (unpaired) electrons. The lowest BCUT2D eigenvalue weighted by Gasteiger charge is -2.15. The fourth-order valence-electron chi connectivity index (χ4n) is 3.40. The van der Waals surface area contributed by atoms with Crippen molar-refractivity contribution in [1.82, 2.24) is 9.78 Å². The van der Waals surface area contributed by atoms with Crippen LogP contribution in [0.5, 0.6) is 0 Å². The maximum atomic E-state index is 12.6. The Labute approximate surface area is 153 Å². The second kappa shape index (κ2) is 7.56. The summed E-state index contributed by atoms with van der Waals surface area (Å²) in [4.78, 5) is 25.8. The standard InChI is InChI=1S/C20H24N4O2/c1-4-18(25)24(3)16-11-9-15(10-12-16)20(26)21-17-13-23(2)22-19(17)14-7-5-6-8-14/h4,9-14H,1,5-8H2,2-3H3,(H,21,26). The van der Waals surface area contributed by atoms with Crippen LogP contribution in [0.25, 0.3) is 0 Å². The van der Waals surface area contributed by atoms with E-state index in [0.717, 1.165) is 24.2 Å². The summed E-state index contributed by atoms with van der Waals surface area (Å²) in [6.45, 7) is 3.48. The van der Waals surface area contributed by atoms with Crippen molar-refractivity contribution in [2.24, 2.45) is 7.05 Å². The van der Waals surface area contributed by atoms with Crippen molar-refractivity contribution in [3.63, 3.8) is 0 Å². The molecule has 0 aliphatic heterocycles. The lowest BCUT2D eigenvalue weighted by Crippen LogP contribution is -2.23. The van der Waals surface area contributed by atoms with E-state index in [0.29, 0.717) is 17.2 Å². The number of hydrogen-bond acceptors (Lipinski definition) is 3. The number of rotatable bonds is 5. The van der Waals surface area contributed by atoms with Gasteiger partial charge < -0.3 is 10.2 Å². The Morgan fingerprint density at radius 2 is 1.92 bits per heavy atom. The van der Waals surface area contributed by atoms with Crippen LogP contribution in [0, 0.1) is 0 Å². The van der Waals surface area contributed by atoms with Gasteiger partial charge in [-0.05, 0) is 43.2 Å². The SMILES string of the molecule is C=CC(=O)N(C)c1ccc(C(=O)Nc2cn(C)nc2C2CCCC2)cc1. The Morgan fingerprint density at radius 3 is 2.54 bits per heavy atom. The summed E-state index contributed by atoms with van der Waals surface area (Å²) < 4.78 is 1.75. The maximum absolute atomic E-state index is 12.6. The Bertz CT molecular complexity index is 817. The van der Waals surface area contributed by atoms with Crippen LogP contribution in [0.3, 0.4) is 0 Å². The topological polar surface area (TPSA) is 67.2 Å². The van der Waals surface area contributed by atoms with Gasteiger partial charge in [0.1, 0.15) is 0 Å². The van der Waals surface area contributed by atoms with E-state index in [4.69, 9.17) is 0 Å². The number of carbonyl (C=O) groups excluding carboxylic acids is 2. The summed E-state index contributed by atoms with van der Waals surface area (Å²) in [6, 6.07) is 6.92. The molecule has 0 bridgehead atoms. The zero-order valence-electron chi connectivity index (χ0n) is 15.2. The number of nitrogens with zero attached hydrogens (tertiary/aromatic N) is 3. The highest BCUT2D eigenvalue weighted by Crippen LogP contribution is 2.36. The largest absolute Gasteiger partial charge is 0.319 e. The molecule has 0 unspecified atom stereocenters. The number of hydrogen-bond donors (Lipinski definition) is 1. The predicted octanol–water partition coefficient (Wildman–Crippen LogP) is 3.48. The molecule has 1 saturated carbocycles. The van der Waals surface area contributed by atoms with Crippen molar-refractivity contribution in [3.05, 3.63) is 54.4 Å². The quantitative estimate of drug-likeness (QED) is 0.838. The fourth-order valence-corrected chi connectivity index (χ4v) is 3.40. The molecule has 26 heavy (non-hydrogen) atoms. The molecule has 3 rings (SSSR count). The van der Waals surface area contributed by atoms with Crippen LogP contribution < -0.4 is 10.2 Å². The zero-order valence-corrected chi connectivity index (χ0v) is 15.2. The van der Waals surface area contributed by atoms with E-state index in [-0.39, 0.29) is 11.8 Å². The van der Waals surface area contributed by atoms with E-state index in [1.807, 2.05) is 13.2 Å². The molecule has 1 fully saturated rings. The van der Waals surface area contributed by atoms with E-state index in [1.54, 1.807) is 36.0 Å². The number of benzene rings is 1. The summed E-state index contributed by atoms with van der Waals surface area (Å²) in [5.41, 5.74) is 3.01. The van der Waals surface area contributed by atoms with Crippen LogP contribution in [0.1, 0.15) is 47.7 Å². The first kappa shape index (κ1) is 17.9. The molecule has 2 amide bonds. The van der Waals surface area contributed by atoms with Gasteiger partial charge in [0.05, 0.1) is 11.4 Å². The highest BCUT2D eigenvalue weighted by atomic mass is 16.2. The Morgan fingerprint density at radius 1 is 1.27 bits per heavy atom. The van der Waals surface area contributed by atoms with Crippen LogP contribution in [-0.2, 0) is 11.8 Å². The van der Waals surface area contributed by atoms with E-state index in [1.165, 1.54) is 23.8 Å². The average Bonchev–Trinajstić information content (AvgIpc) is 3.30. The molecule has 1 aliphatic rings. The second-order valence-corrected chi connectivity index (χ2v) is 6.69. The number of aromatic nitrogens is 2. The van der Waals surface area contributed by atoms with Gasteiger partial charge in [-0.15, -0.1) is 0 Å². The van der Waals surface area contributed by atoms with Gasteiger partial charge in [-0.25, -0.2) is 0 Å². The number of nitrogens with one attached hydrogen (secondary N) is 1. The van der Waals surface area contributed by atoms with Gasteiger partial charge in [0, 0.05) is 37.5 Å². The lowest BCUT2D eigenvalue weighted by molar-refractivity contribution is -0.113. The van der Waals surface area contributed by atoms with Crippen molar-refractivity contribution in [2.75, 3.05) is 17.3 Å². The third-order valence-electron chi connectivity index (χ3n) is 4.87. The molecule has 0 atom stereocenters. The van der Waals surface area contributed by atoms with Crippen molar-refractivity contribution >= 4 is 23.2 Å². The summed E-state index contributed by atoms with van der Waals surface area (Å²) >= 11 is 0. The monoisotopic (exact) mass is 352 g/mol. The van der Waals surface area contributed by atoms with Crippen molar-refractivity contribution in [1.29, 1.82) is 0 Å². The Balaban J connectivity index is 1.74. The Hall–Kier alpha value is -2.89. The number of aryl methyl sites for hydroxylation is 1. The van der Waals surface area contributed by atoms with E-state index in [2.05, 4.69) is 17.0 Å². The summed E-state index contributed by atoms with van der Waals surface area (Å²) in [7, 11) is 3.54. The van der Waals surface area contributed by atoms with E-state index >= 15 is 0 Å². The molecule has 1 heterocycles. The molecule has 6 heteroatoms. The number of anilines is 2. The Kier molecular flexibility index (Phi) is 5.21. The molecule has 1 aromatic carbocycles. The molecule has 136 valence electrons. The smallest absolute Gasteiger partial charge is 0.255 e. The van der Waals surface area contributed by atoms with E-state index < -0.39 is 0 Å². The second-order valence-electron chi connectivity index (χ2n) is 6.69. The summed E-state index contributed by atoms with van der Waals surface area (Å²) in [5, 5.41) is 7.54.